The van der Waals surface area contributed by atoms with E-state index in [9.17, 15) is 0 Å². The fourth-order valence-electron chi connectivity index (χ4n) is 1.73. The number of nitrogens with zero attached hydrogens (tertiary/aromatic N) is 2. The molecule has 0 saturated heterocycles. The van der Waals surface area contributed by atoms with Gasteiger partial charge in [-0.05, 0) is 11.5 Å². The Morgan fingerprint density at radius 2 is 1.73 bits per heavy atom. The van der Waals surface area contributed by atoms with E-state index in [0.29, 0.717) is 16.9 Å². The van der Waals surface area contributed by atoms with E-state index in [1.165, 1.54) is 11.5 Å². The Hall–Kier alpha value is -1.88. The Morgan fingerprint density at radius 1 is 1.00 bits per heavy atom. The standard InChI is InChI=1S/C10H8N4S/c11-7-5-3-1-2-4-6(5)10-9(8(7)12)13-14-15-10/h1-4H,11-12H2. The van der Waals surface area contributed by atoms with Crippen LogP contribution < -0.4 is 11.5 Å². The van der Waals surface area contributed by atoms with Crippen LogP contribution in [-0.4, -0.2) is 9.59 Å². The van der Waals surface area contributed by atoms with Crippen LogP contribution in [-0.2, 0) is 0 Å². The number of anilines is 2. The Balaban J connectivity index is 2.70. The minimum absolute atomic E-state index is 0.525. The number of rotatable bonds is 0. The summed E-state index contributed by atoms with van der Waals surface area (Å²) < 4.78 is 4.91. The summed E-state index contributed by atoms with van der Waals surface area (Å²) in [5, 5.41) is 6.02. The van der Waals surface area contributed by atoms with E-state index in [-0.39, 0.29) is 0 Å². The first-order valence-corrected chi connectivity index (χ1v) is 5.24. The van der Waals surface area contributed by atoms with Crippen molar-refractivity contribution in [3.63, 3.8) is 0 Å². The minimum atomic E-state index is 0.525. The summed E-state index contributed by atoms with van der Waals surface area (Å²) in [6, 6.07) is 7.88. The zero-order valence-electron chi connectivity index (χ0n) is 7.77. The second-order valence-electron chi connectivity index (χ2n) is 3.32. The summed E-state index contributed by atoms with van der Waals surface area (Å²) in [6.07, 6.45) is 0. The van der Waals surface area contributed by atoms with E-state index in [2.05, 4.69) is 9.59 Å². The van der Waals surface area contributed by atoms with Gasteiger partial charge in [0.05, 0.1) is 16.1 Å². The highest BCUT2D eigenvalue weighted by Crippen LogP contribution is 2.36. The van der Waals surface area contributed by atoms with Crippen molar-refractivity contribution in [2.24, 2.45) is 0 Å². The third kappa shape index (κ3) is 1.01. The molecule has 5 heteroatoms. The molecule has 0 spiro atoms. The number of hydrogen-bond acceptors (Lipinski definition) is 5. The maximum atomic E-state index is 5.96. The molecule has 2 aromatic carbocycles. The topological polar surface area (TPSA) is 77.8 Å². The molecule has 0 radical (unpaired) electrons. The van der Waals surface area contributed by atoms with Crippen molar-refractivity contribution < 1.29 is 0 Å². The molecule has 0 amide bonds. The molecule has 4 nitrogen and oxygen atoms in total. The van der Waals surface area contributed by atoms with E-state index >= 15 is 0 Å². The fraction of sp³-hybridized carbons (Fsp3) is 0. The molecular weight excluding hydrogens is 208 g/mol. The average Bonchev–Trinajstić information content (AvgIpc) is 2.75. The molecule has 0 saturated carbocycles. The zero-order chi connectivity index (χ0) is 10.4. The molecule has 0 atom stereocenters. The second-order valence-corrected chi connectivity index (χ2v) is 4.08. The Kier molecular flexibility index (Phi) is 1.58. The average molecular weight is 216 g/mol. The van der Waals surface area contributed by atoms with Gasteiger partial charge in [0, 0.05) is 10.8 Å². The van der Waals surface area contributed by atoms with Crippen molar-refractivity contribution in [2.75, 3.05) is 11.5 Å². The zero-order valence-corrected chi connectivity index (χ0v) is 8.58. The Labute approximate surface area is 89.7 Å². The van der Waals surface area contributed by atoms with Gasteiger partial charge in [0.25, 0.3) is 0 Å². The molecular formula is C10H8N4S. The first-order valence-electron chi connectivity index (χ1n) is 4.47. The van der Waals surface area contributed by atoms with E-state index < -0.39 is 0 Å². The molecule has 1 heterocycles. The molecule has 1 aromatic heterocycles. The van der Waals surface area contributed by atoms with Crippen LogP contribution in [0.5, 0.6) is 0 Å². The maximum Gasteiger partial charge on any atom is 0.131 e. The van der Waals surface area contributed by atoms with Crippen LogP contribution in [0.1, 0.15) is 0 Å². The van der Waals surface area contributed by atoms with Gasteiger partial charge in [0.2, 0.25) is 0 Å². The smallest absolute Gasteiger partial charge is 0.131 e. The summed E-state index contributed by atoms with van der Waals surface area (Å²) in [5.41, 5.74) is 13.7. The first-order chi connectivity index (χ1) is 7.29. The van der Waals surface area contributed by atoms with Gasteiger partial charge < -0.3 is 11.5 Å². The van der Waals surface area contributed by atoms with Gasteiger partial charge >= 0.3 is 0 Å². The van der Waals surface area contributed by atoms with Crippen LogP contribution in [0.3, 0.4) is 0 Å². The molecule has 3 aromatic rings. The molecule has 15 heavy (non-hydrogen) atoms. The lowest BCUT2D eigenvalue weighted by atomic mass is 10.1. The Bertz CT molecular complexity index is 659. The lowest BCUT2D eigenvalue weighted by molar-refractivity contribution is 1.20. The van der Waals surface area contributed by atoms with Crippen molar-refractivity contribution in [1.29, 1.82) is 0 Å². The molecule has 0 unspecified atom stereocenters. The van der Waals surface area contributed by atoms with Crippen LogP contribution in [0, 0.1) is 0 Å². The fourth-order valence-corrected chi connectivity index (χ4v) is 2.45. The number of aromatic nitrogens is 2. The molecule has 3 rings (SSSR count). The highest BCUT2D eigenvalue weighted by atomic mass is 32.1. The molecule has 0 aliphatic heterocycles. The van der Waals surface area contributed by atoms with E-state index in [4.69, 9.17) is 11.5 Å². The van der Waals surface area contributed by atoms with E-state index in [1.807, 2.05) is 24.3 Å². The SMILES string of the molecule is Nc1c(N)c2nnsc2c2ccccc12. The van der Waals surface area contributed by atoms with E-state index in [0.717, 1.165) is 15.5 Å². The molecule has 4 N–H and O–H groups in total. The van der Waals surface area contributed by atoms with Gasteiger partial charge in [-0.2, -0.15) is 0 Å². The summed E-state index contributed by atoms with van der Waals surface area (Å²) in [5.74, 6) is 0. The van der Waals surface area contributed by atoms with Gasteiger partial charge in [0.1, 0.15) is 5.52 Å². The molecule has 0 aliphatic rings. The van der Waals surface area contributed by atoms with Crippen molar-refractivity contribution in [3.8, 4) is 0 Å². The number of nitrogens with two attached hydrogens (primary N) is 2. The lowest BCUT2D eigenvalue weighted by Gasteiger charge is -2.05. The van der Waals surface area contributed by atoms with Crippen molar-refractivity contribution >= 4 is 43.9 Å². The third-order valence-electron chi connectivity index (χ3n) is 2.50. The highest BCUT2D eigenvalue weighted by molar-refractivity contribution is 7.14. The number of hydrogen-bond donors (Lipinski definition) is 2. The van der Waals surface area contributed by atoms with Crippen molar-refractivity contribution in [1.82, 2.24) is 9.59 Å². The minimum Gasteiger partial charge on any atom is -0.396 e. The quantitative estimate of drug-likeness (QED) is 0.445. The second kappa shape index (κ2) is 2.80. The van der Waals surface area contributed by atoms with Crippen LogP contribution in [0.2, 0.25) is 0 Å². The third-order valence-corrected chi connectivity index (χ3v) is 3.25. The predicted octanol–water partition coefficient (Wildman–Crippen LogP) is 2.01. The van der Waals surface area contributed by atoms with Gasteiger partial charge in [0.15, 0.2) is 0 Å². The van der Waals surface area contributed by atoms with Crippen molar-refractivity contribution in [3.05, 3.63) is 24.3 Å². The molecule has 0 bridgehead atoms. The normalized spacial score (nSPS) is 11.2. The van der Waals surface area contributed by atoms with Crippen LogP contribution in [0.4, 0.5) is 11.4 Å². The first kappa shape index (κ1) is 8.43. The monoisotopic (exact) mass is 216 g/mol. The summed E-state index contributed by atoms with van der Waals surface area (Å²) in [7, 11) is 0. The van der Waals surface area contributed by atoms with Gasteiger partial charge in [-0.1, -0.05) is 28.8 Å². The number of nitrogen functional groups attached to an aromatic ring is 2. The summed E-state index contributed by atoms with van der Waals surface area (Å²) >= 11 is 1.34. The lowest BCUT2D eigenvalue weighted by Crippen LogP contribution is -1.96. The largest absolute Gasteiger partial charge is 0.396 e. The number of fused-ring (bicyclic) bond motifs is 3. The number of benzene rings is 2. The van der Waals surface area contributed by atoms with Gasteiger partial charge in [-0.15, -0.1) is 5.10 Å². The summed E-state index contributed by atoms with van der Waals surface area (Å²) in [6.45, 7) is 0. The van der Waals surface area contributed by atoms with Crippen LogP contribution in [0.15, 0.2) is 24.3 Å². The van der Waals surface area contributed by atoms with E-state index in [1.54, 1.807) is 0 Å². The maximum absolute atomic E-state index is 5.96. The van der Waals surface area contributed by atoms with Gasteiger partial charge in [-0.3, -0.25) is 0 Å². The summed E-state index contributed by atoms with van der Waals surface area (Å²) in [4.78, 5) is 0. The highest BCUT2D eigenvalue weighted by Gasteiger charge is 2.12. The molecule has 74 valence electrons. The van der Waals surface area contributed by atoms with Gasteiger partial charge in [-0.25, -0.2) is 0 Å². The van der Waals surface area contributed by atoms with Crippen LogP contribution >= 0.6 is 11.5 Å². The molecule has 0 fully saturated rings. The van der Waals surface area contributed by atoms with Crippen molar-refractivity contribution in [2.45, 2.75) is 0 Å². The van der Waals surface area contributed by atoms with Crippen LogP contribution in [0.25, 0.3) is 21.0 Å². The molecule has 0 aliphatic carbocycles. The predicted molar refractivity (Wildman–Crippen MR) is 63.7 cm³/mol. The Morgan fingerprint density at radius 3 is 2.53 bits per heavy atom.